The predicted molar refractivity (Wildman–Crippen MR) is 104 cm³/mol. The number of nitrogens with zero attached hydrogens (tertiary/aromatic N) is 1. The number of carboxylic acids is 1. The molecule has 6 nitrogen and oxygen atoms in total. The highest BCUT2D eigenvalue weighted by Crippen LogP contribution is 2.40. The topological polar surface area (TPSA) is 92.9 Å². The Kier molecular flexibility index (Phi) is 6.35. The number of hydrogen-bond acceptors (Lipinski definition) is 4. The minimum absolute atomic E-state index is 0.0473. The molecular weight excluding hydrogens is 348 g/mol. The van der Waals surface area contributed by atoms with Crippen molar-refractivity contribution in [3.8, 4) is 0 Å². The maximum Gasteiger partial charge on any atom is 0.326 e. The van der Waals surface area contributed by atoms with E-state index in [9.17, 15) is 14.7 Å². The van der Waals surface area contributed by atoms with Crippen molar-refractivity contribution in [1.29, 1.82) is 0 Å². The van der Waals surface area contributed by atoms with E-state index in [4.69, 9.17) is 10.2 Å². The Balaban J connectivity index is 2.16. The van der Waals surface area contributed by atoms with Crippen molar-refractivity contribution in [1.82, 2.24) is 4.90 Å². The highest BCUT2D eigenvalue weighted by Gasteiger charge is 2.47. The Bertz CT molecular complexity index is 583. The van der Waals surface area contributed by atoms with Gasteiger partial charge in [-0.05, 0) is 37.4 Å². The first-order chi connectivity index (χ1) is 12.0. The molecule has 0 aromatic carbocycles. The van der Waals surface area contributed by atoms with Crippen molar-refractivity contribution in [2.75, 3.05) is 13.1 Å². The molecule has 1 heterocycles. The van der Waals surface area contributed by atoms with Crippen molar-refractivity contribution in [3.63, 3.8) is 0 Å². The summed E-state index contributed by atoms with van der Waals surface area (Å²) in [6, 6.07) is -0.794. The second kappa shape index (κ2) is 7.82. The van der Waals surface area contributed by atoms with E-state index in [0.29, 0.717) is 19.5 Å². The molecule has 0 bridgehead atoms. The molecule has 1 saturated heterocycles. The van der Waals surface area contributed by atoms with E-state index in [1.807, 2.05) is 6.08 Å². The number of amides is 1. The number of aliphatic carboxylic acids is 1. The van der Waals surface area contributed by atoms with Gasteiger partial charge in [0.1, 0.15) is 6.04 Å². The van der Waals surface area contributed by atoms with Crippen LogP contribution in [0.15, 0.2) is 11.6 Å². The molecule has 1 saturated carbocycles. The lowest BCUT2D eigenvalue weighted by atomic mass is 10.00. The Hall–Kier alpha value is -1.18. The summed E-state index contributed by atoms with van der Waals surface area (Å²) in [6.45, 7) is 11.6. The molecule has 0 aromatic heterocycles. The minimum Gasteiger partial charge on any atom is -0.480 e. The van der Waals surface area contributed by atoms with E-state index < -0.39 is 20.3 Å². The van der Waals surface area contributed by atoms with Crippen molar-refractivity contribution in [2.45, 2.75) is 76.7 Å². The lowest BCUT2D eigenvalue weighted by molar-refractivity contribution is -0.149. The number of carboxylic acid groups (broad SMARTS) is 1. The molecule has 0 radical (unpaired) electrons. The summed E-state index contributed by atoms with van der Waals surface area (Å²) in [5, 5.41) is 9.70. The quantitative estimate of drug-likeness (QED) is 0.563. The summed E-state index contributed by atoms with van der Waals surface area (Å²) < 4.78 is 6.41. The van der Waals surface area contributed by atoms with Crippen LogP contribution in [0.25, 0.3) is 0 Å². The van der Waals surface area contributed by atoms with Gasteiger partial charge >= 0.3 is 5.97 Å². The molecule has 1 aliphatic heterocycles. The lowest BCUT2D eigenvalue weighted by Crippen LogP contribution is -2.45. The largest absolute Gasteiger partial charge is 0.480 e. The second-order valence-corrected chi connectivity index (χ2v) is 13.8. The van der Waals surface area contributed by atoms with Crippen LogP contribution in [0.1, 0.15) is 46.5 Å². The predicted octanol–water partition coefficient (Wildman–Crippen LogP) is 2.75. The Morgan fingerprint density at radius 2 is 2.04 bits per heavy atom. The van der Waals surface area contributed by atoms with Crippen LogP contribution in [-0.2, 0) is 14.0 Å². The number of carbonyl (C=O) groups is 2. The first-order valence-corrected chi connectivity index (χ1v) is 12.5. The van der Waals surface area contributed by atoms with E-state index in [1.165, 1.54) is 0 Å². The first kappa shape index (κ1) is 21.1. The van der Waals surface area contributed by atoms with Gasteiger partial charge in [-0.15, -0.1) is 0 Å². The summed E-state index contributed by atoms with van der Waals surface area (Å²) in [5.74, 6) is -1.23. The van der Waals surface area contributed by atoms with Crippen molar-refractivity contribution >= 4 is 20.2 Å². The molecule has 1 amide bonds. The van der Waals surface area contributed by atoms with E-state index in [-0.39, 0.29) is 23.0 Å². The van der Waals surface area contributed by atoms with Crippen LogP contribution in [0.4, 0.5) is 0 Å². The molecule has 3 atom stereocenters. The maximum atomic E-state index is 13.1. The van der Waals surface area contributed by atoms with Gasteiger partial charge in [0.05, 0.1) is 12.0 Å². The highest BCUT2D eigenvalue weighted by atomic mass is 28.4. The summed E-state index contributed by atoms with van der Waals surface area (Å²) >= 11 is 0. The first-order valence-electron chi connectivity index (χ1n) is 9.58. The standard InChI is InChI=1S/C19H34N2O4Si/c1-19(2,3)26(4,5)25-14-11-16(18(23)24)21(12-14)17(22)15-8-6-7-13(15)9-10-20/h9,14-16H,6-8,10-12,20H2,1-5H3,(H,23,24)/t14-,15?,16+/m1/s1. The molecule has 0 spiro atoms. The molecule has 1 aliphatic carbocycles. The van der Waals surface area contributed by atoms with Gasteiger partial charge < -0.3 is 20.2 Å². The number of carbonyl (C=O) groups excluding carboxylic acids is 1. The number of hydrogen-bond donors (Lipinski definition) is 2. The summed E-state index contributed by atoms with van der Waals surface area (Å²) in [5.41, 5.74) is 6.69. The van der Waals surface area contributed by atoms with Gasteiger partial charge in [-0.3, -0.25) is 4.79 Å². The summed E-state index contributed by atoms with van der Waals surface area (Å²) in [6.07, 6.45) is 4.70. The molecule has 2 fully saturated rings. The van der Waals surface area contributed by atoms with Gasteiger partial charge in [0.2, 0.25) is 5.91 Å². The molecule has 2 rings (SSSR count). The van der Waals surface area contributed by atoms with Gasteiger partial charge in [0, 0.05) is 19.5 Å². The van der Waals surface area contributed by atoms with Crippen LogP contribution in [-0.4, -0.2) is 55.4 Å². The number of nitrogens with two attached hydrogens (primary N) is 1. The Morgan fingerprint density at radius 1 is 1.38 bits per heavy atom. The van der Waals surface area contributed by atoms with Gasteiger partial charge in [0.25, 0.3) is 0 Å². The fraction of sp³-hybridized carbons (Fsp3) is 0.789. The summed E-state index contributed by atoms with van der Waals surface area (Å²) in [7, 11) is -2.02. The molecular formula is C19H34N2O4Si. The molecule has 148 valence electrons. The summed E-state index contributed by atoms with van der Waals surface area (Å²) in [4.78, 5) is 26.4. The van der Waals surface area contributed by atoms with E-state index >= 15 is 0 Å². The Labute approximate surface area is 157 Å². The van der Waals surface area contributed by atoms with Crippen LogP contribution in [0.5, 0.6) is 0 Å². The van der Waals surface area contributed by atoms with Gasteiger partial charge in [-0.2, -0.15) is 0 Å². The fourth-order valence-corrected chi connectivity index (χ4v) is 5.06. The molecule has 3 N–H and O–H groups in total. The van der Waals surface area contributed by atoms with Crippen molar-refractivity contribution in [2.24, 2.45) is 11.7 Å². The second-order valence-electron chi connectivity index (χ2n) is 9.04. The van der Waals surface area contributed by atoms with Crippen LogP contribution < -0.4 is 5.73 Å². The lowest BCUT2D eigenvalue weighted by Gasteiger charge is -2.38. The zero-order valence-electron chi connectivity index (χ0n) is 16.7. The van der Waals surface area contributed by atoms with Gasteiger partial charge in [-0.25, -0.2) is 4.79 Å². The number of rotatable bonds is 5. The fourth-order valence-electron chi connectivity index (χ4n) is 3.70. The third kappa shape index (κ3) is 4.38. The molecule has 26 heavy (non-hydrogen) atoms. The smallest absolute Gasteiger partial charge is 0.326 e. The minimum atomic E-state index is -2.02. The van der Waals surface area contributed by atoms with Crippen LogP contribution >= 0.6 is 0 Å². The normalized spacial score (nSPS) is 28.8. The van der Waals surface area contributed by atoms with Crippen LogP contribution in [0.3, 0.4) is 0 Å². The average molecular weight is 383 g/mol. The van der Waals surface area contributed by atoms with Crippen molar-refractivity contribution < 1.29 is 19.1 Å². The zero-order chi connectivity index (χ0) is 19.7. The van der Waals surface area contributed by atoms with Crippen LogP contribution in [0.2, 0.25) is 18.1 Å². The Morgan fingerprint density at radius 3 is 2.58 bits per heavy atom. The van der Waals surface area contributed by atoms with Gasteiger partial charge in [0.15, 0.2) is 8.32 Å². The zero-order valence-corrected chi connectivity index (χ0v) is 17.7. The van der Waals surface area contributed by atoms with E-state index in [1.54, 1.807) is 4.90 Å². The highest BCUT2D eigenvalue weighted by molar-refractivity contribution is 6.74. The van der Waals surface area contributed by atoms with Crippen LogP contribution in [0, 0.1) is 5.92 Å². The maximum absolute atomic E-state index is 13.1. The molecule has 2 aliphatic rings. The van der Waals surface area contributed by atoms with E-state index in [2.05, 4.69) is 33.9 Å². The third-order valence-corrected chi connectivity index (χ3v) is 10.7. The SMILES string of the molecule is CC(C)(C)[Si](C)(C)O[C@@H]1C[C@@H](C(=O)O)N(C(=O)C2CCCC2=CCN)C1. The van der Waals surface area contributed by atoms with Gasteiger partial charge in [-0.1, -0.05) is 32.4 Å². The van der Waals surface area contributed by atoms with E-state index in [0.717, 1.165) is 24.8 Å². The third-order valence-electron chi connectivity index (χ3n) is 6.18. The average Bonchev–Trinajstić information content (AvgIpc) is 3.12. The molecule has 0 aromatic rings. The molecule has 1 unspecified atom stereocenters. The number of likely N-dealkylation sites (tertiary alicyclic amines) is 1. The van der Waals surface area contributed by atoms with Crippen molar-refractivity contribution in [3.05, 3.63) is 11.6 Å². The monoisotopic (exact) mass is 382 g/mol. The molecule has 7 heteroatoms.